The molecule has 2 aromatic rings. The Labute approximate surface area is 115 Å². The van der Waals surface area contributed by atoms with Crippen LogP contribution in [0.4, 0.5) is 0 Å². The van der Waals surface area contributed by atoms with Crippen molar-refractivity contribution in [2.75, 3.05) is 0 Å². The van der Waals surface area contributed by atoms with Crippen molar-refractivity contribution in [1.82, 2.24) is 19.3 Å². The van der Waals surface area contributed by atoms with E-state index in [1.807, 2.05) is 6.07 Å². The molecule has 106 valence electrons. The third kappa shape index (κ3) is 2.76. The third-order valence-corrected chi connectivity index (χ3v) is 3.19. The molecule has 0 saturated carbocycles. The maximum atomic E-state index is 12.0. The number of aliphatic carboxylic acids is 1. The minimum absolute atomic E-state index is 0.146. The van der Waals surface area contributed by atoms with E-state index >= 15 is 0 Å². The van der Waals surface area contributed by atoms with E-state index in [9.17, 15) is 9.59 Å². The number of aryl methyl sites for hydroxylation is 2. The standard InChI is InChI=1S/C13H16N4O3/c1-8-11(6-12(18)19)9(2)17(13(20)14-8)7-10-4-5-16(3)15-10/h4-5H,6-7H2,1-3H3,(H,18,19). The normalized spacial score (nSPS) is 10.8. The fraction of sp³-hybridized carbons (Fsp3) is 0.385. The van der Waals surface area contributed by atoms with E-state index in [-0.39, 0.29) is 18.7 Å². The van der Waals surface area contributed by atoms with Gasteiger partial charge in [0.15, 0.2) is 0 Å². The Morgan fingerprint density at radius 1 is 1.40 bits per heavy atom. The summed E-state index contributed by atoms with van der Waals surface area (Å²) in [6.45, 7) is 3.67. The zero-order chi connectivity index (χ0) is 14.9. The monoisotopic (exact) mass is 276 g/mol. The van der Waals surface area contributed by atoms with Crippen LogP contribution in [0.1, 0.15) is 22.6 Å². The highest BCUT2D eigenvalue weighted by atomic mass is 16.4. The Hall–Kier alpha value is -2.44. The van der Waals surface area contributed by atoms with Crippen LogP contribution in [0, 0.1) is 13.8 Å². The van der Waals surface area contributed by atoms with Crippen LogP contribution >= 0.6 is 0 Å². The first-order valence-electron chi connectivity index (χ1n) is 6.15. The van der Waals surface area contributed by atoms with Gasteiger partial charge in [-0.1, -0.05) is 0 Å². The molecule has 0 aliphatic carbocycles. The second-order valence-corrected chi connectivity index (χ2v) is 4.68. The van der Waals surface area contributed by atoms with Gasteiger partial charge in [-0.15, -0.1) is 0 Å². The lowest BCUT2D eigenvalue weighted by molar-refractivity contribution is -0.136. The van der Waals surface area contributed by atoms with Gasteiger partial charge in [-0.2, -0.15) is 10.1 Å². The Balaban J connectivity index is 2.47. The number of carboxylic acids is 1. The molecule has 2 heterocycles. The van der Waals surface area contributed by atoms with Crippen molar-refractivity contribution >= 4 is 5.97 Å². The van der Waals surface area contributed by atoms with Crippen molar-refractivity contribution in [2.24, 2.45) is 7.05 Å². The highest BCUT2D eigenvalue weighted by molar-refractivity contribution is 5.70. The minimum atomic E-state index is -0.943. The molecule has 7 heteroatoms. The average molecular weight is 276 g/mol. The Bertz CT molecular complexity index is 715. The summed E-state index contributed by atoms with van der Waals surface area (Å²) in [5.74, 6) is -0.943. The summed E-state index contributed by atoms with van der Waals surface area (Å²) >= 11 is 0. The molecule has 0 saturated heterocycles. The first-order chi connectivity index (χ1) is 9.38. The SMILES string of the molecule is Cc1nc(=O)n(Cc2ccn(C)n2)c(C)c1CC(=O)O. The largest absolute Gasteiger partial charge is 0.481 e. The molecule has 20 heavy (non-hydrogen) atoms. The van der Waals surface area contributed by atoms with Gasteiger partial charge in [0.1, 0.15) is 0 Å². The maximum absolute atomic E-state index is 12.0. The van der Waals surface area contributed by atoms with Gasteiger partial charge >= 0.3 is 11.7 Å². The highest BCUT2D eigenvalue weighted by Gasteiger charge is 2.14. The van der Waals surface area contributed by atoms with E-state index in [4.69, 9.17) is 5.11 Å². The molecule has 1 N–H and O–H groups in total. The molecule has 0 atom stereocenters. The maximum Gasteiger partial charge on any atom is 0.348 e. The molecule has 7 nitrogen and oxygen atoms in total. The molecule has 0 bridgehead atoms. The van der Waals surface area contributed by atoms with E-state index in [1.54, 1.807) is 31.8 Å². The van der Waals surface area contributed by atoms with Gasteiger partial charge in [-0.25, -0.2) is 4.79 Å². The van der Waals surface area contributed by atoms with Gasteiger partial charge in [-0.05, 0) is 19.9 Å². The van der Waals surface area contributed by atoms with Gasteiger partial charge < -0.3 is 5.11 Å². The van der Waals surface area contributed by atoms with Crippen molar-refractivity contribution in [3.63, 3.8) is 0 Å². The smallest absolute Gasteiger partial charge is 0.348 e. The number of rotatable bonds is 4. The molecule has 0 aliphatic heterocycles. The van der Waals surface area contributed by atoms with Crippen LogP contribution in [0.2, 0.25) is 0 Å². The molecule has 2 aromatic heterocycles. The summed E-state index contributed by atoms with van der Waals surface area (Å²) in [7, 11) is 1.79. The van der Waals surface area contributed by atoms with Crippen LogP contribution in [-0.4, -0.2) is 30.4 Å². The number of hydrogen-bond donors (Lipinski definition) is 1. The summed E-state index contributed by atoms with van der Waals surface area (Å²) < 4.78 is 3.10. The second kappa shape index (κ2) is 5.28. The lowest BCUT2D eigenvalue weighted by Crippen LogP contribution is -2.29. The number of hydrogen-bond acceptors (Lipinski definition) is 4. The van der Waals surface area contributed by atoms with E-state index in [0.29, 0.717) is 17.0 Å². The summed E-state index contributed by atoms with van der Waals surface area (Å²) in [6, 6.07) is 1.81. The topological polar surface area (TPSA) is 90.0 Å². The molecule has 0 aliphatic rings. The molecular weight excluding hydrogens is 260 g/mol. The second-order valence-electron chi connectivity index (χ2n) is 4.68. The van der Waals surface area contributed by atoms with E-state index < -0.39 is 5.97 Å². The van der Waals surface area contributed by atoms with Gasteiger partial charge in [0.05, 0.1) is 18.7 Å². The van der Waals surface area contributed by atoms with Crippen LogP contribution in [0.15, 0.2) is 17.1 Å². The number of aromatic nitrogens is 4. The Kier molecular flexibility index (Phi) is 3.69. The quantitative estimate of drug-likeness (QED) is 0.865. The molecule has 0 unspecified atom stereocenters. The van der Waals surface area contributed by atoms with E-state index in [0.717, 1.165) is 5.69 Å². The summed E-state index contributed by atoms with van der Waals surface area (Å²) in [5, 5.41) is 13.2. The average Bonchev–Trinajstić information content (AvgIpc) is 2.75. The molecule has 0 radical (unpaired) electrons. The summed E-state index contributed by atoms with van der Waals surface area (Å²) in [4.78, 5) is 26.8. The number of carbonyl (C=O) groups is 1. The summed E-state index contributed by atoms with van der Waals surface area (Å²) in [6.07, 6.45) is 1.64. The van der Waals surface area contributed by atoms with Gasteiger partial charge in [0, 0.05) is 30.2 Å². The fourth-order valence-electron chi connectivity index (χ4n) is 2.14. The zero-order valence-corrected chi connectivity index (χ0v) is 11.6. The molecule has 2 rings (SSSR count). The van der Waals surface area contributed by atoms with Crippen LogP contribution in [0.5, 0.6) is 0 Å². The first-order valence-corrected chi connectivity index (χ1v) is 6.15. The van der Waals surface area contributed by atoms with Gasteiger partial charge in [0.2, 0.25) is 0 Å². The highest BCUT2D eigenvalue weighted by Crippen LogP contribution is 2.11. The third-order valence-electron chi connectivity index (χ3n) is 3.19. The molecule has 0 aromatic carbocycles. The lowest BCUT2D eigenvalue weighted by Gasteiger charge is -2.13. The Morgan fingerprint density at radius 2 is 2.10 bits per heavy atom. The van der Waals surface area contributed by atoms with Crippen molar-refractivity contribution in [1.29, 1.82) is 0 Å². The predicted octanol–water partition coefficient (Wildman–Crippen LogP) is 0.269. The van der Waals surface area contributed by atoms with E-state index in [1.165, 1.54) is 4.57 Å². The van der Waals surface area contributed by atoms with Gasteiger partial charge in [0.25, 0.3) is 0 Å². The fourth-order valence-corrected chi connectivity index (χ4v) is 2.14. The van der Waals surface area contributed by atoms with Crippen molar-refractivity contribution in [3.8, 4) is 0 Å². The van der Waals surface area contributed by atoms with Crippen molar-refractivity contribution in [3.05, 3.63) is 45.4 Å². The van der Waals surface area contributed by atoms with Gasteiger partial charge in [-0.3, -0.25) is 14.0 Å². The van der Waals surface area contributed by atoms with Crippen LogP contribution < -0.4 is 5.69 Å². The zero-order valence-electron chi connectivity index (χ0n) is 11.6. The number of carboxylic acid groups (broad SMARTS) is 1. The van der Waals surface area contributed by atoms with Crippen LogP contribution in [0.3, 0.4) is 0 Å². The van der Waals surface area contributed by atoms with Crippen LogP contribution in [-0.2, 0) is 24.8 Å². The number of nitrogens with zero attached hydrogens (tertiary/aromatic N) is 4. The van der Waals surface area contributed by atoms with Crippen molar-refractivity contribution < 1.29 is 9.90 Å². The van der Waals surface area contributed by atoms with Crippen LogP contribution in [0.25, 0.3) is 0 Å². The minimum Gasteiger partial charge on any atom is -0.481 e. The molecule has 0 fully saturated rings. The van der Waals surface area contributed by atoms with E-state index in [2.05, 4.69) is 10.1 Å². The Morgan fingerprint density at radius 3 is 2.65 bits per heavy atom. The predicted molar refractivity (Wildman–Crippen MR) is 71.6 cm³/mol. The molecular formula is C13H16N4O3. The first kappa shape index (κ1) is 14.0. The van der Waals surface area contributed by atoms with Crippen molar-refractivity contribution in [2.45, 2.75) is 26.8 Å². The lowest BCUT2D eigenvalue weighted by atomic mass is 10.1. The summed E-state index contributed by atoms with van der Waals surface area (Å²) in [5.41, 5.74) is 2.00. The molecule has 0 spiro atoms. The molecule has 0 amide bonds.